The molecular weight excluding hydrogens is 182 g/mol. The molecule has 68 valence electrons. The van der Waals surface area contributed by atoms with E-state index in [0.29, 0.717) is 5.82 Å². The van der Waals surface area contributed by atoms with Crippen molar-refractivity contribution in [3.63, 3.8) is 0 Å². The van der Waals surface area contributed by atoms with Gasteiger partial charge in [-0.15, -0.1) is 11.3 Å². The van der Waals surface area contributed by atoms with Gasteiger partial charge in [0.25, 0.3) is 0 Å². The van der Waals surface area contributed by atoms with Crippen LogP contribution in [0.15, 0.2) is 12.1 Å². The van der Waals surface area contributed by atoms with Crippen LogP contribution < -0.4 is 5.73 Å². The maximum absolute atomic E-state index is 5.53. The fourth-order valence-corrected chi connectivity index (χ4v) is 2.31. The number of rotatable bonds is 1. The van der Waals surface area contributed by atoms with Crippen LogP contribution in [-0.2, 0) is 0 Å². The Morgan fingerprint density at radius 1 is 1.38 bits per heavy atom. The molecule has 13 heavy (non-hydrogen) atoms. The smallest absolute Gasteiger partial charge is 0.145 e. The standard InChI is InChI=1S/C9H11N3S/c1-5-3-7(6(2)13-5)8-4-9(10)12-11-8/h3-4H,1-2H3,(H3,10,11,12). The number of hydrogen-bond donors (Lipinski definition) is 2. The van der Waals surface area contributed by atoms with Crippen molar-refractivity contribution >= 4 is 17.2 Å². The first-order chi connectivity index (χ1) is 6.16. The van der Waals surface area contributed by atoms with Crippen molar-refractivity contribution in [1.82, 2.24) is 10.2 Å². The molecule has 0 aliphatic heterocycles. The van der Waals surface area contributed by atoms with E-state index in [1.807, 2.05) is 6.07 Å². The van der Waals surface area contributed by atoms with Crippen molar-refractivity contribution in [3.05, 3.63) is 21.9 Å². The van der Waals surface area contributed by atoms with Crippen LogP contribution in [0.2, 0.25) is 0 Å². The highest BCUT2D eigenvalue weighted by atomic mass is 32.1. The summed E-state index contributed by atoms with van der Waals surface area (Å²) in [6, 6.07) is 4.00. The van der Waals surface area contributed by atoms with Crippen molar-refractivity contribution < 1.29 is 0 Å². The maximum Gasteiger partial charge on any atom is 0.145 e. The lowest BCUT2D eigenvalue weighted by Gasteiger charge is -1.92. The summed E-state index contributed by atoms with van der Waals surface area (Å²) < 4.78 is 0. The fraction of sp³-hybridized carbons (Fsp3) is 0.222. The second-order valence-electron chi connectivity index (χ2n) is 3.03. The molecule has 2 rings (SSSR count). The van der Waals surface area contributed by atoms with Crippen molar-refractivity contribution in [3.8, 4) is 11.3 Å². The quantitative estimate of drug-likeness (QED) is 0.730. The number of hydrogen-bond acceptors (Lipinski definition) is 3. The molecule has 0 saturated carbocycles. The zero-order chi connectivity index (χ0) is 9.42. The van der Waals surface area contributed by atoms with Crippen LogP contribution in [0, 0.1) is 13.8 Å². The van der Waals surface area contributed by atoms with Crippen LogP contribution in [0.25, 0.3) is 11.3 Å². The third-order valence-electron chi connectivity index (χ3n) is 1.93. The lowest BCUT2D eigenvalue weighted by molar-refractivity contribution is 1.10. The van der Waals surface area contributed by atoms with E-state index in [1.54, 1.807) is 11.3 Å². The second kappa shape index (κ2) is 2.88. The van der Waals surface area contributed by atoms with Gasteiger partial charge in [0.2, 0.25) is 0 Å². The number of nitrogens with two attached hydrogens (primary N) is 1. The van der Waals surface area contributed by atoms with Crippen LogP contribution in [0.4, 0.5) is 5.82 Å². The Balaban J connectivity index is 2.51. The van der Waals surface area contributed by atoms with Gasteiger partial charge in [-0.1, -0.05) is 0 Å². The number of aromatic nitrogens is 2. The number of anilines is 1. The summed E-state index contributed by atoms with van der Waals surface area (Å²) in [6.07, 6.45) is 0. The van der Waals surface area contributed by atoms with Gasteiger partial charge < -0.3 is 5.73 Å². The molecule has 3 nitrogen and oxygen atoms in total. The van der Waals surface area contributed by atoms with Gasteiger partial charge in [-0.3, -0.25) is 5.10 Å². The van der Waals surface area contributed by atoms with Gasteiger partial charge in [0.05, 0.1) is 5.69 Å². The van der Waals surface area contributed by atoms with Crippen LogP contribution in [0.1, 0.15) is 9.75 Å². The Bertz CT molecular complexity index is 428. The zero-order valence-corrected chi connectivity index (χ0v) is 8.40. The number of aryl methyl sites for hydroxylation is 2. The molecule has 4 heteroatoms. The van der Waals surface area contributed by atoms with Gasteiger partial charge in [-0.25, -0.2) is 0 Å². The lowest BCUT2D eigenvalue weighted by atomic mass is 10.2. The molecule has 0 bridgehead atoms. The minimum Gasteiger partial charge on any atom is -0.382 e. The average Bonchev–Trinajstić information content (AvgIpc) is 2.58. The van der Waals surface area contributed by atoms with Gasteiger partial charge in [0.15, 0.2) is 0 Å². The summed E-state index contributed by atoms with van der Waals surface area (Å²) in [6.45, 7) is 4.20. The Hall–Kier alpha value is -1.29. The molecule has 0 amide bonds. The zero-order valence-electron chi connectivity index (χ0n) is 7.59. The highest BCUT2D eigenvalue weighted by Crippen LogP contribution is 2.29. The summed E-state index contributed by atoms with van der Waals surface area (Å²) in [5.74, 6) is 0.540. The summed E-state index contributed by atoms with van der Waals surface area (Å²) in [7, 11) is 0. The minimum atomic E-state index is 0.540. The Labute approximate surface area is 80.6 Å². The normalized spacial score (nSPS) is 10.6. The molecule has 0 radical (unpaired) electrons. The van der Waals surface area contributed by atoms with Crippen LogP contribution in [0.3, 0.4) is 0 Å². The predicted octanol–water partition coefficient (Wildman–Crippen LogP) is 2.34. The molecule has 3 N–H and O–H groups in total. The number of nitrogen functional groups attached to an aromatic ring is 1. The number of H-pyrrole nitrogens is 1. The molecule has 0 saturated heterocycles. The first kappa shape index (κ1) is 8.31. The molecule has 0 atom stereocenters. The number of thiophene rings is 1. The van der Waals surface area contributed by atoms with Gasteiger partial charge in [0, 0.05) is 21.4 Å². The summed E-state index contributed by atoms with van der Waals surface area (Å²) in [5, 5.41) is 6.81. The Kier molecular flexibility index (Phi) is 1.84. The Morgan fingerprint density at radius 2 is 2.15 bits per heavy atom. The van der Waals surface area contributed by atoms with Crippen molar-refractivity contribution in [2.24, 2.45) is 0 Å². The van der Waals surface area contributed by atoms with Crippen LogP contribution in [-0.4, -0.2) is 10.2 Å². The first-order valence-corrected chi connectivity index (χ1v) is 4.87. The van der Waals surface area contributed by atoms with E-state index in [2.05, 4.69) is 30.1 Å². The van der Waals surface area contributed by atoms with Crippen molar-refractivity contribution in [1.29, 1.82) is 0 Å². The molecule has 0 unspecified atom stereocenters. The van der Waals surface area contributed by atoms with E-state index >= 15 is 0 Å². The average molecular weight is 193 g/mol. The van der Waals surface area contributed by atoms with Gasteiger partial charge >= 0.3 is 0 Å². The highest BCUT2D eigenvalue weighted by Gasteiger charge is 2.07. The molecular formula is C9H11N3S. The van der Waals surface area contributed by atoms with Crippen LogP contribution in [0.5, 0.6) is 0 Å². The number of aromatic amines is 1. The van der Waals surface area contributed by atoms with E-state index in [0.717, 1.165) is 5.69 Å². The van der Waals surface area contributed by atoms with Gasteiger partial charge in [-0.05, 0) is 19.9 Å². The van der Waals surface area contributed by atoms with E-state index in [1.165, 1.54) is 15.3 Å². The van der Waals surface area contributed by atoms with Gasteiger partial charge in [-0.2, -0.15) is 5.10 Å². The molecule has 0 spiro atoms. The predicted molar refractivity (Wildman–Crippen MR) is 55.8 cm³/mol. The molecule has 0 aromatic carbocycles. The third kappa shape index (κ3) is 1.45. The molecule has 2 aromatic rings. The van der Waals surface area contributed by atoms with E-state index in [9.17, 15) is 0 Å². The van der Waals surface area contributed by atoms with E-state index < -0.39 is 0 Å². The molecule has 0 aliphatic rings. The number of nitrogens with zero attached hydrogens (tertiary/aromatic N) is 1. The van der Waals surface area contributed by atoms with Crippen molar-refractivity contribution in [2.45, 2.75) is 13.8 Å². The van der Waals surface area contributed by atoms with Crippen LogP contribution >= 0.6 is 11.3 Å². The first-order valence-electron chi connectivity index (χ1n) is 4.05. The third-order valence-corrected chi connectivity index (χ3v) is 2.89. The SMILES string of the molecule is Cc1cc(-c2cc(N)n[nH]2)c(C)s1. The highest BCUT2D eigenvalue weighted by molar-refractivity contribution is 7.12. The summed E-state index contributed by atoms with van der Waals surface area (Å²) in [5.41, 5.74) is 7.73. The Morgan fingerprint density at radius 3 is 2.62 bits per heavy atom. The van der Waals surface area contributed by atoms with E-state index in [-0.39, 0.29) is 0 Å². The van der Waals surface area contributed by atoms with E-state index in [4.69, 9.17) is 5.73 Å². The fourth-order valence-electron chi connectivity index (χ4n) is 1.37. The maximum atomic E-state index is 5.53. The monoisotopic (exact) mass is 193 g/mol. The molecule has 2 heterocycles. The molecule has 0 fully saturated rings. The summed E-state index contributed by atoms with van der Waals surface area (Å²) >= 11 is 1.78. The summed E-state index contributed by atoms with van der Waals surface area (Å²) in [4.78, 5) is 2.60. The largest absolute Gasteiger partial charge is 0.382 e. The number of nitrogens with one attached hydrogen (secondary N) is 1. The minimum absolute atomic E-state index is 0.540. The topological polar surface area (TPSA) is 54.7 Å². The van der Waals surface area contributed by atoms with Gasteiger partial charge in [0.1, 0.15) is 5.82 Å². The molecule has 0 aliphatic carbocycles. The lowest BCUT2D eigenvalue weighted by Crippen LogP contribution is -1.81. The second-order valence-corrected chi connectivity index (χ2v) is 4.49. The molecule has 2 aromatic heterocycles. The van der Waals surface area contributed by atoms with Crippen molar-refractivity contribution in [2.75, 3.05) is 5.73 Å².